The van der Waals surface area contributed by atoms with Crippen LogP contribution in [0.15, 0.2) is 152 Å². The highest BCUT2D eigenvalue weighted by molar-refractivity contribution is 5.69. The van der Waals surface area contributed by atoms with E-state index in [0.29, 0.717) is 0 Å². The number of aliphatic hydroxyl groups is 1. The predicted octanol–water partition coefficient (Wildman–Crippen LogP) is 6.99. The topological polar surface area (TPSA) is 167 Å². The van der Waals surface area contributed by atoms with Crippen molar-refractivity contribution >= 4 is 18.0 Å². The number of hydrogen-bond acceptors (Lipinski definition) is 13. The van der Waals surface area contributed by atoms with E-state index in [4.69, 9.17) is 42.6 Å². The lowest BCUT2D eigenvalue weighted by atomic mass is 9.85. The van der Waals surface area contributed by atoms with Gasteiger partial charge in [-0.15, -0.1) is 0 Å². The Balaban J connectivity index is 1.23. The third-order valence-electron chi connectivity index (χ3n) is 11.2. The maximum Gasteiger partial charge on any atom is 0.407 e. The monoisotopic (exact) mass is 903 g/mol. The average molecular weight is 904 g/mol. The van der Waals surface area contributed by atoms with Crippen molar-refractivity contribution in [2.24, 2.45) is 0 Å². The Morgan fingerprint density at radius 1 is 0.561 bits per heavy atom. The molecule has 2 fully saturated rings. The van der Waals surface area contributed by atoms with Crippen LogP contribution in [0.5, 0.6) is 0 Å². The van der Waals surface area contributed by atoms with Crippen LogP contribution in [0, 0.1) is 0 Å². The van der Waals surface area contributed by atoms with Gasteiger partial charge in [-0.2, -0.15) is 0 Å². The Labute approximate surface area is 385 Å². The van der Waals surface area contributed by atoms with Gasteiger partial charge in [0.15, 0.2) is 12.2 Å². The minimum absolute atomic E-state index is 0.0427. The first-order valence-corrected chi connectivity index (χ1v) is 22.0. The fraction of sp³-hybridized carbons (Fsp3) is 0.365. The maximum absolute atomic E-state index is 13.2. The van der Waals surface area contributed by atoms with Crippen LogP contribution < -0.4 is 5.32 Å². The molecule has 2 heterocycles. The summed E-state index contributed by atoms with van der Waals surface area (Å²) >= 11 is 0. The number of nitrogens with one attached hydrogen (secondary N) is 1. The van der Waals surface area contributed by atoms with Crippen LogP contribution in [0.25, 0.3) is 0 Å². The molecule has 1 amide bonds. The summed E-state index contributed by atoms with van der Waals surface area (Å²) in [5.41, 5.74) is 4.38. The van der Waals surface area contributed by atoms with Gasteiger partial charge in [-0.1, -0.05) is 152 Å². The Bertz CT molecular complexity index is 2240. The molecule has 66 heavy (non-hydrogen) atoms. The molecule has 14 nitrogen and oxygen atoms in total. The second-order valence-corrected chi connectivity index (χ2v) is 16.3. The van der Waals surface area contributed by atoms with Gasteiger partial charge in [0.25, 0.3) is 0 Å². The van der Waals surface area contributed by atoms with E-state index >= 15 is 0 Å². The molecule has 2 aliphatic heterocycles. The van der Waals surface area contributed by atoms with Crippen molar-refractivity contribution in [1.82, 2.24) is 5.32 Å². The van der Waals surface area contributed by atoms with Crippen LogP contribution in [0.3, 0.4) is 0 Å². The molecule has 348 valence electrons. The number of benzene rings is 5. The minimum Gasteiger partial charge on any atom is -0.456 e. The van der Waals surface area contributed by atoms with E-state index in [-0.39, 0.29) is 52.7 Å². The van der Waals surface area contributed by atoms with E-state index < -0.39 is 72.6 Å². The van der Waals surface area contributed by atoms with Crippen LogP contribution in [0.4, 0.5) is 4.79 Å². The quantitative estimate of drug-likeness (QED) is 0.0607. The molecule has 7 rings (SSSR count). The number of esters is 2. The number of rotatable bonds is 20. The smallest absolute Gasteiger partial charge is 0.407 e. The fourth-order valence-corrected chi connectivity index (χ4v) is 8.10. The summed E-state index contributed by atoms with van der Waals surface area (Å²) in [6, 6.07) is 46.7. The SMILES string of the molecule is CC(=O)O[C@@H]1[C@H](NC(=O)OCc2ccccc2)CO[C@](O)(C[C@H]2O[C@H](COCc3ccccc3)[C@@H](OCc3ccccc3)[C@H](OCc3ccccc3)[C@H]2OCc2ccccc2)[C@H]1OC(C)=O. The Morgan fingerprint density at radius 2 is 0.985 bits per heavy atom. The first-order chi connectivity index (χ1) is 32.1. The summed E-state index contributed by atoms with van der Waals surface area (Å²) in [4.78, 5) is 38.8. The summed E-state index contributed by atoms with van der Waals surface area (Å²) in [7, 11) is 0. The standard InChI is InChI=1S/C52H57NO13/c1-36(54)64-46-43(53-51(56)62-33-42-26-16-7-17-27-42)34-63-52(57,50(46)65-37(2)55)28-44-47(59-30-39-20-10-4-11-21-39)49(61-32-41-24-14-6-15-25-41)48(60-31-40-22-12-5-13-23-40)45(66-44)35-58-29-38-18-8-3-9-19-38/h3-27,43-50,57H,28-35H2,1-2H3,(H,53,56)/t43-,44-,45-,46-,47+,48-,49-,50+,52-/m1/s1. The lowest BCUT2D eigenvalue weighted by molar-refractivity contribution is -0.337. The first-order valence-electron chi connectivity index (χ1n) is 22.0. The molecule has 2 N–H and O–H groups in total. The van der Waals surface area contributed by atoms with Gasteiger partial charge in [-0.3, -0.25) is 9.59 Å². The molecular weight excluding hydrogens is 847 g/mol. The number of amides is 1. The molecule has 0 radical (unpaired) electrons. The van der Waals surface area contributed by atoms with Gasteiger partial charge >= 0.3 is 18.0 Å². The largest absolute Gasteiger partial charge is 0.456 e. The van der Waals surface area contributed by atoms with Gasteiger partial charge < -0.3 is 53.1 Å². The van der Waals surface area contributed by atoms with Crippen molar-refractivity contribution in [1.29, 1.82) is 0 Å². The average Bonchev–Trinajstić information content (AvgIpc) is 3.33. The lowest BCUT2D eigenvalue weighted by Gasteiger charge is -2.50. The van der Waals surface area contributed by atoms with Gasteiger partial charge in [-0.25, -0.2) is 4.79 Å². The highest BCUT2D eigenvalue weighted by Crippen LogP contribution is 2.39. The number of ether oxygens (including phenoxy) is 9. The molecule has 5 aromatic carbocycles. The Hall–Kier alpha value is -5.97. The van der Waals surface area contributed by atoms with Crippen LogP contribution in [-0.4, -0.2) is 90.9 Å². The summed E-state index contributed by atoms with van der Waals surface area (Å²) in [5, 5.41) is 15.5. The normalized spacial score (nSPS) is 25.0. The fourth-order valence-electron chi connectivity index (χ4n) is 8.10. The van der Waals surface area contributed by atoms with Crippen molar-refractivity contribution in [2.75, 3.05) is 13.2 Å². The zero-order chi connectivity index (χ0) is 46.1. The van der Waals surface area contributed by atoms with E-state index in [9.17, 15) is 19.5 Å². The summed E-state index contributed by atoms with van der Waals surface area (Å²) in [6.07, 6.45) is -8.79. The van der Waals surface area contributed by atoms with E-state index in [1.165, 1.54) is 6.92 Å². The maximum atomic E-state index is 13.2. The highest BCUT2D eigenvalue weighted by atomic mass is 16.7. The van der Waals surface area contributed by atoms with E-state index in [1.54, 1.807) is 12.1 Å². The molecule has 0 aliphatic carbocycles. The van der Waals surface area contributed by atoms with Crippen LogP contribution in [0.2, 0.25) is 0 Å². The van der Waals surface area contributed by atoms with Crippen LogP contribution >= 0.6 is 0 Å². The minimum atomic E-state index is -2.38. The van der Waals surface area contributed by atoms with Crippen LogP contribution in [0.1, 0.15) is 48.1 Å². The van der Waals surface area contributed by atoms with Gasteiger partial charge in [0.2, 0.25) is 5.79 Å². The van der Waals surface area contributed by atoms with E-state index in [2.05, 4.69) is 5.32 Å². The van der Waals surface area contributed by atoms with Gasteiger partial charge in [0.05, 0.1) is 51.8 Å². The second kappa shape index (κ2) is 24.0. The molecule has 5 aromatic rings. The van der Waals surface area contributed by atoms with E-state index in [1.807, 2.05) is 140 Å². The molecule has 0 aromatic heterocycles. The number of carbonyl (C=O) groups is 3. The van der Waals surface area contributed by atoms with Crippen molar-refractivity contribution in [3.8, 4) is 0 Å². The molecule has 0 bridgehead atoms. The number of alkyl carbamates (subject to hydrolysis) is 1. The molecule has 0 unspecified atom stereocenters. The van der Waals surface area contributed by atoms with Crippen molar-refractivity contribution < 1.29 is 62.1 Å². The zero-order valence-corrected chi connectivity index (χ0v) is 37.1. The summed E-state index contributed by atoms with van der Waals surface area (Å²) < 4.78 is 57.0. The van der Waals surface area contributed by atoms with Crippen LogP contribution in [-0.2, 0) is 85.3 Å². The molecule has 0 spiro atoms. The zero-order valence-electron chi connectivity index (χ0n) is 37.1. The number of hydrogen-bond donors (Lipinski definition) is 2. The first kappa shape index (κ1) is 48.0. The van der Waals surface area contributed by atoms with Crippen molar-refractivity contribution in [3.63, 3.8) is 0 Å². The third kappa shape index (κ3) is 13.8. The lowest BCUT2D eigenvalue weighted by Crippen LogP contribution is -2.69. The van der Waals surface area contributed by atoms with Crippen molar-refractivity contribution in [3.05, 3.63) is 179 Å². The third-order valence-corrected chi connectivity index (χ3v) is 11.2. The molecule has 0 saturated carbocycles. The Morgan fingerprint density at radius 3 is 1.45 bits per heavy atom. The molecule has 14 heteroatoms. The Kier molecular flexibility index (Phi) is 17.4. The number of carbonyl (C=O) groups excluding carboxylic acids is 3. The van der Waals surface area contributed by atoms with Gasteiger partial charge in [0, 0.05) is 20.3 Å². The summed E-state index contributed by atoms with van der Waals surface area (Å²) in [5.74, 6) is -3.94. The highest BCUT2D eigenvalue weighted by Gasteiger charge is 2.58. The predicted molar refractivity (Wildman–Crippen MR) is 240 cm³/mol. The molecule has 2 saturated heterocycles. The molecule has 2 aliphatic rings. The second-order valence-electron chi connectivity index (χ2n) is 16.3. The van der Waals surface area contributed by atoms with Gasteiger partial charge in [-0.05, 0) is 27.8 Å². The van der Waals surface area contributed by atoms with Gasteiger partial charge in [0.1, 0.15) is 31.0 Å². The van der Waals surface area contributed by atoms with Crippen molar-refractivity contribution in [2.45, 2.75) is 108 Å². The van der Waals surface area contributed by atoms with E-state index in [0.717, 1.165) is 34.7 Å². The summed E-state index contributed by atoms with van der Waals surface area (Å²) in [6.45, 7) is 2.72. The molecular formula is C52H57NO13. The molecule has 9 atom stereocenters.